The molecule has 0 aliphatic heterocycles. The fourth-order valence-electron chi connectivity index (χ4n) is 1.56. The summed E-state index contributed by atoms with van der Waals surface area (Å²) in [6, 6.07) is 3.46. The number of hydrogen-bond acceptors (Lipinski definition) is 4. The molecule has 0 aliphatic carbocycles. The summed E-state index contributed by atoms with van der Waals surface area (Å²) in [7, 11) is 1.50. The van der Waals surface area contributed by atoms with Gasteiger partial charge in [-0.2, -0.15) is 0 Å². The van der Waals surface area contributed by atoms with Crippen molar-refractivity contribution in [1.82, 2.24) is 5.32 Å². The summed E-state index contributed by atoms with van der Waals surface area (Å²) in [5, 5.41) is 14.2. The summed E-state index contributed by atoms with van der Waals surface area (Å²) < 4.78 is 17.5. The molecular formula is C13H16ClFN2O4. The van der Waals surface area contributed by atoms with Crippen molar-refractivity contribution < 1.29 is 23.8 Å². The highest BCUT2D eigenvalue weighted by Crippen LogP contribution is 2.27. The third-order valence-electron chi connectivity index (χ3n) is 2.62. The Balaban J connectivity index is 2.48. The maximum atomic E-state index is 12.4. The van der Waals surface area contributed by atoms with Crippen LogP contribution in [-0.2, 0) is 9.59 Å². The molecule has 8 heteroatoms. The zero-order valence-electron chi connectivity index (χ0n) is 11.4. The SMILES string of the molecule is COc1ccc(Cl)cc1NCCC(=O)NC(CF)C(=O)O. The van der Waals surface area contributed by atoms with Gasteiger partial charge < -0.3 is 20.5 Å². The summed E-state index contributed by atoms with van der Waals surface area (Å²) in [6.07, 6.45) is -0.0144. The fourth-order valence-corrected chi connectivity index (χ4v) is 1.73. The molecule has 6 nitrogen and oxygen atoms in total. The van der Waals surface area contributed by atoms with Crippen molar-refractivity contribution in [2.45, 2.75) is 12.5 Å². The lowest BCUT2D eigenvalue weighted by Gasteiger charge is -2.13. The van der Waals surface area contributed by atoms with Gasteiger partial charge >= 0.3 is 5.97 Å². The summed E-state index contributed by atoms with van der Waals surface area (Å²) >= 11 is 5.86. The molecule has 116 valence electrons. The number of carboxylic acids is 1. The number of alkyl halides is 1. The predicted octanol–water partition coefficient (Wildman–Crippen LogP) is 1.69. The van der Waals surface area contributed by atoms with Crippen molar-refractivity contribution in [3.05, 3.63) is 23.2 Å². The van der Waals surface area contributed by atoms with Crippen molar-refractivity contribution >= 4 is 29.2 Å². The molecular weight excluding hydrogens is 303 g/mol. The first-order valence-electron chi connectivity index (χ1n) is 6.13. The average Bonchev–Trinajstić information content (AvgIpc) is 2.44. The van der Waals surface area contributed by atoms with Gasteiger partial charge in [-0.1, -0.05) is 11.6 Å². The Bertz CT molecular complexity index is 513. The molecule has 0 spiro atoms. The van der Waals surface area contributed by atoms with E-state index in [1.54, 1.807) is 18.2 Å². The number of amides is 1. The van der Waals surface area contributed by atoms with Gasteiger partial charge in [0.1, 0.15) is 12.4 Å². The molecule has 0 fully saturated rings. The molecule has 1 rings (SSSR count). The first-order valence-corrected chi connectivity index (χ1v) is 6.51. The standard InChI is InChI=1S/C13H16ClFN2O4/c1-21-11-3-2-8(14)6-9(11)16-5-4-12(18)17-10(7-15)13(19)20/h2-3,6,10,16H,4-5,7H2,1H3,(H,17,18)(H,19,20). The van der Waals surface area contributed by atoms with Crippen LogP contribution < -0.4 is 15.4 Å². The number of rotatable bonds is 8. The van der Waals surface area contributed by atoms with E-state index in [4.69, 9.17) is 21.4 Å². The van der Waals surface area contributed by atoms with E-state index in [2.05, 4.69) is 10.6 Å². The van der Waals surface area contributed by atoms with E-state index in [1.165, 1.54) is 7.11 Å². The number of methoxy groups -OCH3 is 1. The molecule has 1 aromatic rings. The van der Waals surface area contributed by atoms with Gasteiger partial charge in [-0.3, -0.25) is 4.79 Å². The second-order valence-electron chi connectivity index (χ2n) is 4.13. The first-order chi connectivity index (χ1) is 9.97. The average molecular weight is 319 g/mol. The summed E-state index contributed by atoms with van der Waals surface area (Å²) in [6.45, 7) is -0.933. The molecule has 0 heterocycles. The maximum absolute atomic E-state index is 12.4. The van der Waals surface area contributed by atoms with Crippen molar-refractivity contribution in [3.63, 3.8) is 0 Å². The Hall–Kier alpha value is -2.02. The summed E-state index contributed by atoms with van der Waals surface area (Å²) in [5.74, 6) is -1.41. The molecule has 0 bridgehead atoms. The van der Waals surface area contributed by atoms with Gasteiger partial charge in [0.15, 0.2) is 6.04 Å². The minimum Gasteiger partial charge on any atom is -0.495 e. The maximum Gasteiger partial charge on any atom is 0.328 e. The molecule has 1 aromatic carbocycles. The highest BCUT2D eigenvalue weighted by molar-refractivity contribution is 6.30. The number of aliphatic carboxylic acids is 1. The molecule has 1 amide bonds. The topological polar surface area (TPSA) is 87.7 Å². The highest BCUT2D eigenvalue weighted by atomic mass is 35.5. The zero-order chi connectivity index (χ0) is 15.8. The van der Waals surface area contributed by atoms with Crippen LogP contribution >= 0.6 is 11.6 Å². The molecule has 0 saturated carbocycles. The Morgan fingerprint density at radius 1 is 1.48 bits per heavy atom. The van der Waals surface area contributed by atoms with E-state index in [-0.39, 0.29) is 13.0 Å². The third-order valence-corrected chi connectivity index (χ3v) is 2.85. The van der Waals surface area contributed by atoms with Gasteiger partial charge in [-0.15, -0.1) is 0 Å². The van der Waals surface area contributed by atoms with E-state index >= 15 is 0 Å². The quantitative estimate of drug-likeness (QED) is 0.679. The Morgan fingerprint density at radius 3 is 2.76 bits per heavy atom. The number of nitrogens with one attached hydrogen (secondary N) is 2. The summed E-state index contributed by atoms with van der Waals surface area (Å²) in [5.41, 5.74) is 0.609. The molecule has 0 saturated heterocycles. The van der Waals surface area contributed by atoms with Crippen LogP contribution in [0.15, 0.2) is 18.2 Å². The fraction of sp³-hybridized carbons (Fsp3) is 0.385. The second-order valence-corrected chi connectivity index (χ2v) is 4.57. The Kier molecular flexibility index (Phi) is 6.74. The third kappa shape index (κ3) is 5.47. The molecule has 21 heavy (non-hydrogen) atoms. The van der Waals surface area contributed by atoms with Crippen LogP contribution in [0.25, 0.3) is 0 Å². The number of carboxylic acid groups (broad SMARTS) is 1. The number of anilines is 1. The van der Waals surface area contributed by atoms with Crippen LogP contribution in [0.5, 0.6) is 5.75 Å². The molecule has 0 radical (unpaired) electrons. The molecule has 0 aliphatic rings. The van der Waals surface area contributed by atoms with E-state index in [9.17, 15) is 14.0 Å². The monoisotopic (exact) mass is 318 g/mol. The molecule has 1 unspecified atom stereocenters. The van der Waals surface area contributed by atoms with Gasteiger partial charge in [0.2, 0.25) is 5.91 Å². The molecule has 1 atom stereocenters. The minimum atomic E-state index is -1.52. The van der Waals surface area contributed by atoms with Crippen molar-refractivity contribution in [3.8, 4) is 5.75 Å². The number of benzene rings is 1. The van der Waals surface area contributed by atoms with Gasteiger partial charge in [0.05, 0.1) is 12.8 Å². The lowest BCUT2D eigenvalue weighted by molar-refractivity contribution is -0.142. The van der Waals surface area contributed by atoms with Crippen molar-refractivity contribution in [2.75, 3.05) is 25.6 Å². The van der Waals surface area contributed by atoms with Gasteiger partial charge in [0.25, 0.3) is 0 Å². The number of carbonyl (C=O) groups excluding carboxylic acids is 1. The van der Waals surface area contributed by atoms with E-state index in [0.29, 0.717) is 16.5 Å². The van der Waals surface area contributed by atoms with E-state index in [0.717, 1.165) is 0 Å². The Labute approximate surface area is 126 Å². The highest BCUT2D eigenvalue weighted by Gasteiger charge is 2.19. The number of hydrogen-bond donors (Lipinski definition) is 3. The van der Waals surface area contributed by atoms with E-state index in [1.807, 2.05) is 0 Å². The second kappa shape index (κ2) is 8.31. The normalized spacial score (nSPS) is 11.6. The zero-order valence-corrected chi connectivity index (χ0v) is 12.1. The minimum absolute atomic E-state index is 0.0144. The van der Waals surface area contributed by atoms with Crippen LogP contribution in [0.2, 0.25) is 5.02 Å². The van der Waals surface area contributed by atoms with Gasteiger partial charge in [-0.25, -0.2) is 9.18 Å². The first kappa shape index (κ1) is 17.0. The lowest BCUT2D eigenvalue weighted by Crippen LogP contribution is -2.42. The Morgan fingerprint density at radius 2 is 2.19 bits per heavy atom. The molecule has 3 N–H and O–H groups in total. The smallest absolute Gasteiger partial charge is 0.328 e. The number of halogens is 2. The molecule has 0 aromatic heterocycles. The van der Waals surface area contributed by atoms with Crippen LogP contribution in [0.1, 0.15) is 6.42 Å². The van der Waals surface area contributed by atoms with Gasteiger partial charge in [0, 0.05) is 18.0 Å². The van der Waals surface area contributed by atoms with E-state index < -0.39 is 24.6 Å². The van der Waals surface area contributed by atoms with Crippen LogP contribution in [0, 0.1) is 0 Å². The van der Waals surface area contributed by atoms with Gasteiger partial charge in [-0.05, 0) is 18.2 Å². The van der Waals surface area contributed by atoms with Crippen LogP contribution in [-0.4, -0.2) is 43.4 Å². The number of carbonyl (C=O) groups is 2. The predicted molar refractivity (Wildman–Crippen MR) is 76.7 cm³/mol. The lowest BCUT2D eigenvalue weighted by atomic mass is 10.2. The van der Waals surface area contributed by atoms with Crippen LogP contribution in [0.4, 0.5) is 10.1 Å². The largest absolute Gasteiger partial charge is 0.495 e. The van der Waals surface area contributed by atoms with Crippen molar-refractivity contribution in [1.29, 1.82) is 0 Å². The van der Waals surface area contributed by atoms with Crippen molar-refractivity contribution in [2.24, 2.45) is 0 Å². The summed E-state index contributed by atoms with van der Waals surface area (Å²) in [4.78, 5) is 22.1. The number of ether oxygens (including phenoxy) is 1. The van der Waals surface area contributed by atoms with Crippen LogP contribution in [0.3, 0.4) is 0 Å².